The number of hydrogen-bond donors (Lipinski definition) is 0. The molecule has 0 aliphatic rings. The molecule has 0 aromatic heterocycles. The minimum atomic E-state index is 1.04. The summed E-state index contributed by atoms with van der Waals surface area (Å²) >= 11 is 0. The predicted octanol–water partition coefficient (Wildman–Crippen LogP) is 4.55. The van der Waals surface area contributed by atoms with E-state index in [4.69, 9.17) is 0 Å². The predicted molar refractivity (Wildman–Crippen MR) is 73.1 cm³/mol. The summed E-state index contributed by atoms with van der Waals surface area (Å²) in [7, 11) is 0. The van der Waals surface area contributed by atoms with Gasteiger partial charge in [0.1, 0.15) is 0 Å². The lowest BCUT2D eigenvalue weighted by molar-refractivity contribution is 1.58. The van der Waals surface area contributed by atoms with E-state index in [1.807, 2.05) is 36.4 Å². The van der Waals surface area contributed by atoms with Gasteiger partial charge in [0.25, 0.3) is 0 Å². The molecule has 0 heterocycles. The van der Waals surface area contributed by atoms with E-state index in [1.54, 1.807) is 12.2 Å². The molecule has 0 radical (unpaired) electrons. The van der Waals surface area contributed by atoms with Crippen LogP contribution >= 0.6 is 0 Å². The molecule has 0 nitrogen and oxygen atoms in total. The Morgan fingerprint density at radius 2 is 1.50 bits per heavy atom. The summed E-state index contributed by atoms with van der Waals surface area (Å²) in [5, 5.41) is 0. The van der Waals surface area contributed by atoms with E-state index >= 15 is 0 Å². The standard InChI is InChI=1S/C16H16/c1-4-10-14(6-3)16(11-5-2)15-12-8-7-9-13-15/h4-13H,1-3H2/b14-10+,16-11+. The number of benzene rings is 1. The molecule has 0 atom stereocenters. The molecule has 0 unspecified atom stereocenters. The summed E-state index contributed by atoms with van der Waals surface area (Å²) in [5.41, 5.74) is 3.29. The van der Waals surface area contributed by atoms with Crippen molar-refractivity contribution >= 4 is 5.57 Å². The summed E-state index contributed by atoms with van der Waals surface area (Å²) in [5.74, 6) is 0. The van der Waals surface area contributed by atoms with Gasteiger partial charge in [-0.25, -0.2) is 0 Å². The highest BCUT2D eigenvalue weighted by atomic mass is 14.1. The van der Waals surface area contributed by atoms with Gasteiger partial charge in [0, 0.05) is 0 Å². The molecule has 0 fully saturated rings. The summed E-state index contributed by atoms with van der Waals surface area (Å²) < 4.78 is 0. The van der Waals surface area contributed by atoms with Crippen LogP contribution in [-0.2, 0) is 0 Å². The molecule has 0 heteroatoms. The second-order valence-electron chi connectivity index (χ2n) is 3.24. The molecule has 1 rings (SSSR count). The van der Waals surface area contributed by atoms with Crippen LogP contribution in [-0.4, -0.2) is 0 Å². The summed E-state index contributed by atoms with van der Waals surface area (Å²) in [4.78, 5) is 0. The van der Waals surface area contributed by atoms with Crippen molar-refractivity contribution in [2.75, 3.05) is 0 Å². The molecule has 0 saturated heterocycles. The first kappa shape index (κ1) is 12.0. The van der Waals surface area contributed by atoms with Crippen LogP contribution in [0.5, 0.6) is 0 Å². The molecule has 0 spiro atoms. The van der Waals surface area contributed by atoms with Crippen molar-refractivity contribution in [3.63, 3.8) is 0 Å². The Morgan fingerprint density at radius 1 is 0.875 bits per heavy atom. The smallest absolute Gasteiger partial charge is 0.0112 e. The van der Waals surface area contributed by atoms with Crippen molar-refractivity contribution in [3.05, 3.63) is 91.6 Å². The van der Waals surface area contributed by atoms with Gasteiger partial charge in [-0.05, 0) is 16.7 Å². The Balaban J connectivity index is 3.25. The van der Waals surface area contributed by atoms with Gasteiger partial charge in [-0.1, -0.05) is 80.4 Å². The van der Waals surface area contributed by atoms with Crippen LogP contribution in [0.4, 0.5) is 0 Å². The van der Waals surface area contributed by atoms with Gasteiger partial charge in [0.05, 0.1) is 0 Å². The lowest BCUT2D eigenvalue weighted by atomic mass is 9.97. The fourth-order valence-electron chi connectivity index (χ4n) is 1.49. The highest BCUT2D eigenvalue weighted by molar-refractivity contribution is 5.82. The van der Waals surface area contributed by atoms with Crippen LogP contribution in [0.1, 0.15) is 5.56 Å². The highest BCUT2D eigenvalue weighted by Crippen LogP contribution is 2.23. The monoisotopic (exact) mass is 208 g/mol. The molecule has 0 bridgehead atoms. The van der Waals surface area contributed by atoms with Crippen molar-refractivity contribution in [3.8, 4) is 0 Å². The zero-order valence-electron chi connectivity index (χ0n) is 9.39. The topological polar surface area (TPSA) is 0 Å². The average molecular weight is 208 g/mol. The molecule has 0 saturated carbocycles. The zero-order chi connectivity index (χ0) is 11.8. The Hall–Kier alpha value is -2.08. The summed E-state index contributed by atoms with van der Waals surface area (Å²) in [6.45, 7) is 11.3. The van der Waals surface area contributed by atoms with E-state index in [1.165, 1.54) is 0 Å². The fraction of sp³-hybridized carbons (Fsp3) is 0. The van der Waals surface area contributed by atoms with Crippen LogP contribution < -0.4 is 0 Å². The van der Waals surface area contributed by atoms with Crippen molar-refractivity contribution in [1.29, 1.82) is 0 Å². The van der Waals surface area contributed by atoms with Crippen molar-refractivity contribution in [2.24, 2.45) is 0 Å². The first-order chi connectivity index (χ1) is 7.83. The maximum Gasteiger partial charge on any atom is -0.0112 e. The minimum Gasteiger partial charge on any atom is -0.0990 e. The Bertz CT molecular complexity index is 430. The van der Waals surface area contributed by atoms with Gasteiger partial charge in [-0.15, -0.1) is 0 Å². The summed E-state index contributed by atoms with van der Waals surface area (Å²) in [6.07, 6.45) is 9.28. The summed E-state index contributed by atoms with van der Waals surface area (Å²) in [6, 6.07) is 10.2. The zero-order valence-corrected chi connectivity index (χ0v) is 9.39. The van der Waals surface area contributed by atoms with Crippen molar-refractivity contribution in [1.82, 2.24) is 0 Å². The van der Waals surface area contributed by atoms with E-state index < -0.39 is 0 Å². The lowest BCUT2D eigenvalue weighted by Gasteiger charge is -2.07. The van der Waals surface area contributed by atoms with E-state index in [2.05, 4.69) is 31.9 Å². The number of allylic oxidation sites excluding steroid dienone is 7. The third kappa shape index (κ3) is 2.96. The highest BCUT2D eigenvalue weighted by Gasteiger charge is 2.02. The van der Waals surface area contributed by atoms with E-state index in [-0.39, 0.29) is 0 Å². The third-order valence-electron chi connectivity index (χ3n) is 2.20. The fourth-order valence-corrected chi connectivity index (χ4v) is 1.49. The Kier molecular flexibility index (Phi) is 4.81. The van der Waals surface area contributed by atoms with Gasteiger partial charge in [0.2, 0.25) is 0 Å². The molecular formula is C16H16. The normalized spacial score (nSPS) is 12.0. The Labute approximate surface area is 97.6 Å². The van der Waals surface area contributed by atoms with Crippen LogP contribution in [0, 0.1) is 0 Å². The molecule has 1 aromatic rings. The lowest BCUT2D eigenvalue weighted by Crippen LogP contribution is -1.86. The molecule has 0 aliphatic heterocycles. The molecule has 80 valence electrons. The van der Waals surface area contributed by atoms with Gasteiger partial charge in [-0.2, -0.15) is 0 Å². The van der Waals surface area contributed by atoms with Crippen LogP contribution in [0.2, 0.25) is 0 Å². The Morgan fingerprint density at radius 3 is 2.00 bits per heavy atom. The van der Waals surface area contributed by atoms with Crippen molar-refractivity contribution in [2.45, 2.75) is 0 Å². The van der Waals surface area contributed by atoms with Gasteiger partial charge >= 0.3 is 0 Å². The molecular weight excluding hydrogens is 192 g/mol. The van der Waals surface area contributed by atoms with Crippen LogP contribution in [0.3, 0.4) is 0 Å². The first-order valence-electron chi connectivity index (χ1n) is 5.17. The van der Waals surface area contributed by atoms with E-state index in [0.29, 0.717) is 0 Å². The quantitative estimate of drug-likeness (QED) is 0.622. The molecule has 1 aromatic carbocycles. The molecule has 0 aliphatic carbocycles. The van der Waals surface area contributed by atoms with Gasteiger partial charge in [0.15, 0.2) is 0 Å². The average Bonchev–Trinajstić information content (AvgIpc) is 2.35. The van der Waals surface area contributed by atoms with E-state index in [9.17, 15) is 0 Å². The number of rotatable bonds is 5. The van der Waals surface area contributed by atoms with Crippen molar-refractivity contribution < 1.29 is 0 Å². The van der Waals surface area contributed by atoms with Gasteiger partial charge in [-0.3, -0.25) is 0 Å². The number of hydrogen-bond acceptors (Lipinski definition) is 0. The maximum atomic E-state index is 3.82. The molecule has 16 heavy (non-hydrogen) atoms. The largest absolute Gasteiger partial charge is 0.0990 e. The van der Waals surface area contributed by atoms with Gasteiger partial charge < -0.3 is 0 Å². The second kappa shape index (κ2) is 6.41. The second-order valence-corrected chi connectivity index (χ2v) is 3.24. The molecule has 0 N–H and O–H groups in total. The molecule has 0 amide bonds. The third-order valence-corrected chi connectivity index (χ3v) is 2.20. The van der Waals surface area contributed by atoms with E-state index in [0.717, 1.165) is 16.7 Å². The SMILES string of the molecule is C=C/C=C(\C(C=C)=C\C=C)c1ccccc1. The minimum absolute atomic E-state index is 1.04. The van der Waals surface area contributed by atoms with Crippen LogP contribution in [0.25, 0.3) is 5.57 Å². The maximum absolute atomic E-state index is 3.82. The first-order valence-corrected chi connectivity index (χ1v) is 5.17. The van der Waals surface area contributed by atoms with Crippen LogP contribution in [0.15, 0.2) is 86.0 Å².